The van der Waals surface area contributed by atoms with Crippen molar-refractivity contribution in [2.24, 2.45) is 22.7 Å². The number of nitrogens with zero attached hydrogens (tertiary/aromatic N) is 2. The number of nitrogens with one attached hydrogen (secondary N) is 1. The molecule has 0 bridgehead atoms. The van der Waals surface area contributed by atoms with Crippen LogP contribution in [0.4, 0.5) is 4.79 Å². The van der Waals surface area contributed by atoms with Crippen LogP contribution in [0.5, 0.6) is 0 Å². The summed E-state index contributed by atoms with van der Waals surface area (Å²) in [5.41, 5.74) is 5.68. The van der Waals surface area contributed by atoms with Crippen LogP contribution in [0.15, 0.2) is 5.16 Å². The van der Waals surface area contributed by atoms with Gasteiger partial charge in [-0.2, -0.15) is 0 Å². The molecular formula is C13H24N4O2. The normalized spacial score (nSPS) is 29.5. The number of likely N-dealkylation sites (tertiary alicyclic amines) is 1. The van der Waals surface area contributed by atoms with Crippen molar-refractivity contribution in [2.75, 3.05) is 13.1 Å². The Morgan fingerprint density at radius 1 is 1.32 bits per heavy atom. The zero-order chi connectivity index (χ0) is 13.8. The van der Waals surface area contributed by atoms with E-state index in [2.05, 4.69) is 17.4 Å². The quantitative estimate of drug-likeness (QED) is 0.305. The van der Waals surface area contributed by atoms with Crippen LogP contribution in [0.25, 0.3) is 0 Å². The number of carbonyl (C=O) groups excluding carboxylic acids is 1. The lowest BCUT2D eigenvalue weighted by Crippen LogP contribution is -2.50. The molecule has 1 heterocycles. The van der Waals surface area contributed by atoms with E-state index in [1.165, 1.54) is 0 Å². The van der Waals surface area contributed by atoms with Crippen molar-refractivity contribution >= 4 is 11.9 Å². The standard InChI is InChI=1S/C13H24N4O2/c1-9-5-7-17(8-6-9)13(18)15-11-4-2-3-10(11)12(14)16-19/h9-11,19H,2-8H2,1H3,(H2,14,16)(H,15,18). The molecule has 1 saturated carbocycles. The van der Waals surface area contributed by atoms with E-state index in [1.54, 1.807) is 0 Å². The summed E-state index contributed by atoms with van der Waals surface area (Å²) in [6.45, 7) is 3.88. The summed E-state index contributed by atoms with van der Waals surface area (Å²) >= 11 is 0. The lowest BCUT2D eigenvalue weighted by molar-refractivity contribution is 0.169. The van der Waals surface area contributed by atoms with E-state index < -0.39 is 0 Å². The Morgan fingerprint density at radius 3 is 2.63 bits per heavy atom. The molecule has 0 aromatic heterocycles. The molecule has 0 radical (unpaired) electrons. The second kappa shape index (κ2) is 6.12. The van der Waals surface area contributed by atoms with Crippen molar-refractivity contribution in [1.82, 2.24) is 10.2 Å². The Kier molecular flexibility index (Phi) is 4.50. The fourth-order valence-corrected chi connectivity index (χ4v) is 3.02. The highest BCUT2D eigenvalue weighted by Crippen LogP contribution is 2.26. The molecule has 1 aliphatic carbocycles. The Bertz CT molecular complexity index is 351. The molecule has 2 atom stereocenters. The molecule has 108 valence electrons. The van der Waals surface area contributed by atoms with Gasteiger partial charge in [-0.25, -0.2) is 4.79 Å². The van der Waals surface area contributed by atoms with Crippen molar-refractivity contribution in [3.8, 4) is 0 Å². The molecule has 6 heteroatoms. The number of amides is 2. The summed E-state index contributed by atoms with van der Waals surface area (Å²) in [4.78, 5) is 14.1. The maximum absolute atomic E-state index is 12.2. The number of amidine groups is 1. The maximum Gasteiger partial charge on any atom is 0.317 e. The van der Waals surface area contributed by atoms with Gasteiger partial charge in [-0.3, -0.25) is 0 Å². The van der Waals surface area contributed by atoms with Gasteiger partial charge in [0.05, 0.1) is 0 Å². The fraction of sp³-hybridized carbons (Fsp3) is 0.846. The van der Waals surface area contributed by atoms with E-state index in [1.807, 2.05) is 4.90 Å². The minimum Gasteiger partial charge on any atom is -0.409 e. The van der Waals surface area contributed by atoms with Gasteiger partial charge in [0, 0.05) is 25.0 Å². The first-order valence-electron chi connectivity index (χ1n) is 7.14. The van der Waals surface area contributed by atoms with Crippen LogP contribution in [0.3, 0.4) is 0 Å². The third-order valence-corrected chi connectivity index (χ3v) is 4.39. The van der Waals surface area contributed by atoms with Crippen molar-refractivity contribution in [2.45, 2.75) is 45.1 Å². The van der Waals surface area contributed by atoms with Gasteiger partial charge >= 0.3 is 6.03 Å². The molecule has 19 heavy (non-hydrogen) atoms. The Morgan fingerprint density at radius 2 is 2.00 bits per heavy atom. The molecule has 2 aliphatic rings. The summed E-state index contributed by atoms with van der Waals surface area (Å²) in [6, 6.07) is -0.00251. The number of nitrogens with two attached hydrogens (primary N) is 1. The van der Waals surface area contributed by atoms with Gasteiger partial charge in [0.25, 0.3) is 0 Å². The number of urea groups is 1. The number of rotatable bonds is 2. The predicted molar refractivity (Wildman–Crippen MR) is 73.0 cm³/mol. The van der Waals surface area contributed by atoms with E-state index in [-0.39, 0.29) is 23.8 Å². The zero-order valence-electron chi connectivity index (χ0n) is 11.5. The molecule has 2 fully saturated rings. The van der Waals surface area contributed by atoms with Gasteiger partial charge in [-0.05, 0) is 31.6 Å². The Hall–Kier alpha value is -1.46. The highest BCUT2D eigenvalue weighted by atomic mass is 16.4. The topological polar surface area (TPSA) is 91.0 Å². The lowest BCUT2D eigenvalue weighted by Gasteiger charge is -2.32. The van der Waals surface area contributed by atoms with Gasteiger partial charge in [0.2, 0.25) is 0 Å². The molecule has 4 N–H and O–H groups in total. The Balaban J connectivity index is 1.88. The molecule has 1 aliphatic heterocycles. The minimum absolute atomic E-state index is 0.00255. The summed E-state index contributed by atoms with van der Waals surface area (Å²) in [7, 11) is 0. The molecule has 6 nitrogen and oxygen atoms in total. The first kappa shape index (κ1) is 14.0. The first-order chi connectivity index (χ1) is 9.11. The van der Waals surface area contributed by atoms with Crippen LogP contribution in [-0.4, -0.2) is 41.1 Å². The highest BCUT2D eigenvalue weighted by molar-refractivity contribution is 5.84. The van der Waals surface area contributed by atoms with Crippen LogP contribution in [0.1, 0.15) is 39.0 Å². The molecule has 0 spiro atoms. The third-order valence-electron chi connectivity index (χ3n) is 4.39. The molecule has 0 aromatic carbocycles. The van der Waals surface area contributed by atoms with Crippen LogP contribution < -0.4 is 11.1 Å². The molecule has 1 saturated heterocycles. The van der Waals surface area contributed by atoms with E-state index in [9.17, 15) is 4.79 Å². The second-order valence-corrected chi connectivity index (χ2v) is 5.79. The van der Waals surface area contributed by atoms with Gasteiger partial charge in [-0.1, -0.05) is 18.5 Å². The molecular weight excluding hydrogens is 244 g/mol. The van der Waals surface area contributed by atoms with Crippen LogP contribution in [-0.2, 0) is 0 Å². The smallest absolute Gasteiger partial charge is 0.317 e. The lowest BCUT2D eigenvalue weighted by atomic mass is 9.99. The van der Waals surface area contributed by atoms with Crippen molar-refractivity contribution in [3.05, 3.63) is 0 Å². The predicted octanol–water partition coefficient (Wildman–Crippen LogP) is 1.34. The largest absolute Gasteiger partial charge is 0.409 e. The van der Waals surface area contributed by atoms with Gasteiger partial charge < -0.3 is 21.2 Å². The van der Waals surface area contributed by atoms with Gasteiger partial charge in [0.15, 0.2) is 0 Å². The van der Waals surface area contributed by atoms with Crippen LogP contribution >= 0.6 is 0 Å². The molecule has 2 rings (SSSR count). The molecule has 2 amide bonds. The Labute approximate surface area is 114 Å². The zero-order valence-corrected chi connectivity index (χ0v) is 11.5. The second-order valence-electron chi connectivity index (χ2n) is 5.79. The number of hydrogen-bond acceptors (Lipinski definition) is 3. The number of carbonyl (C=O) groups is 1. The minimum atomic E-state index is -0.0299. The highest BCUT2D eigenvalue weighted by Gasteiger charge is 2.33. The van der Waals surface area contributed by atoms with Crippen LogP contribution in [0.2, 0.25) is 0 Å². The van der Waals surface area contributed by atoms with E-state index >= 15 is 0 Å². The summed E-state index contributed by atoms with van der Waals surface area (Å²) in [6.07, 6.45) is 4.92. The van der Waals surface area contributed by atoms with E-state index in [0.717, 1.165) is 45.2 Å². The maximum atomic E-state index is 12.2. The first-order valence-corrected chi connectivity index (χ1v) is 7.14. The monoisotopic (exact) mass is 268 g/mol. The summed E-state index contributed by atoms with van der Waals surface area (Å²) < 4.78 is 0. The van der Waals surface area contributed by atoms with E-state index in [0.29, 0.717) is 5.92 Å². The molecule has 0 aromatic rings. The average molecular weight is 268 g/mol. The van der Waals surface area contributed by atoms with Crippen molar-refractivity contribution in [1.29, 1.82) is 0 Å². The van der Waals surface area contributed by atoms with Crippen molar-refractivity contribution in [3.63, 3.8) is 0 Å². The van der Waals surface area contributed by atoms with E-state index in [4.69, 9.17) is 10.9 Å². The third kappa shape index (κ3) is 3.30. The summed E-state index contributed by atoms with van der Waals surface area (Å²) in [5.74, 6) is 0.910. The summed E-state index contributed by atoms with van der Waals surface area (Å²) in [5, 5.41) is 14.9. The number of piperidine rings is 1. The molecule has 2 unspecified atom stereocenters. The van der Waals surface area contributed by atoms with Crippen LogP contribution in [0, 0.1) is 11.8 Å². The van der Waals surface area contributed by atoms with Gasteiger partial charge in [-0.15, -0.1) is 0 Å². The SMILES string of the molecule is CC1CCN(C(=O)NC2CCCC2C(N)=NO)CC1. The average Bonchev–Trinajstić information content (AvgIpc) is 2.86. The number of oxime groups is 1. The van der Waals surface area contributed by atoms with Crippen molar-refractivity contribution < 1.29 is 10.0 Å². The fourth-order valence-electron chi connectivity index (χ4n) is 3.02. The number of hydrogen-bond donors (Lipinski definition) is 3. The van der Waals surface area contributed by atoms with Gasteiger partial charge in [0.1, 0.15) is 5.84 Å².